The fraction of sp³-hybridized carbons (Fsp3) is 0.727. The average Bonchev–Trinajstić information content (AvgIpc) is 2.70. The predicted octanol–water partition coefficient (Wildman–Crippen LogP) is 1.37. The average molecular weight is 289 g/mol. The van der Waals surface area contributed by atoms with Crippen molar-refractivity contribution in [3.63, 3.8) is 0 Å². The van der Waals surface area contributed by atoms with E-state index >= 15 is 0 Å². The third-order valence-corrected chi connectivity index (χ3v) is 5.33. The van der Waals surface area contributed by atoms with Gasteiger partial charge in [-0.25, -0.2) is 13.4 Å². The lowest BCUT2D eigenvalue weighted by atomic mass is 10.0. The summed E-state index contributed by atoms with van der Waals surface area (Å²) in [6, 6.07) is 0. The van der Waals surface area contributed by atoms with Crippen LogP contribution in [-0.4, -0.2) is 32.2 Å². The highest BCUT2D eigenvalue weighted by molar-refractivity contribution is 7.92. The maximum Gasteiger partial charge on any atom is 0.235 e. The highest BCUT2D eigenvalue weighted by Crippen LogP contribution is 2.29. The van der Waals surface area contributed by atoms with Gasteiger partial charge in [-0.15, -0.1) is 11.3 Å². The molecule has 0 spiro atoms. The number of sulfonamides is 1. The Morgan fingerprint density at radius 3 is 2.83 bits per heavy atom. The number of aryl methyl sites for hydroxylation is 2. The molecule has 0 amide bonds. The van der Waals surface area contributed by atoms with Crippen molar-refractivity contribution in [2.75, 3.05) is 23.6 Å². The van der Waals surface area contributed by atoms with Gasteiger partial charge in [0.25, 0.3) is 0 Å². The second-order valence-electron chi connectivity index (χ2n) is 4.37. The summed E-state index contributed by atoms with van der Waals surface area (Å²) in [7, 11) is -3.27. The van der Waals surface area contributed by atoms with Gasteiger partial charge in [-0.3, -0.25) is 4.72 Å². The Morgan fingerprint density at radius 1 is 1.33 bits per heavy atom. The van der Waals surface area contributed by atoms with Gasteiger partial charge in [-0.1, -0.05) is 6.92 Å². The number of fused-ring (bicyclic) bond motifs is 1. The molecule has 0 unspecified atom stereocenters. The first-order chi connectivity index (χ1) is 8.61. The molecule has 2 rings (SSSR count). The van der Waals surface area contributed by atoms with Crippen LogP contribution in [0.5, 0.6) is 0 Å². The molecular formula is C11H19N3O2S2. The first-order valence-electron chi connectivity index (χ1n) is 6.30. The van der Waals surface area contributed by atoms with E-state index in [1.54, 1.807) is 0 Å². The second kappa shape index (κ2) is 5.99. The van der Waals surface area contributed by atoms with Gasteiger partial charge in [-0.05, 0) is 32.2 Å². The highest BCUT2D eigenvalue weighted by Gasteiger charge is 2.18. The van der Waals surface area contributed by atoms with Crippen LogP contribution in [0.1, 0.15) is 30.3 Å². The first-order valence-corrected chi connectivity index (χ1v) is 8.77. The Kier molecular flexibility index (Phi) is 4.58. The third kappa shape index (κ3) is 3.66. The number of hydrogen-bond acceptors (Lipinski definition) is 5. The molecule has 1 heterocycles. The van der Waals surface area contributed by atoms with E-state index in [9.17, 15) is 8.42 Å². The molecule has 18 heavy (non-hydrogen) atoms. The molecule has 0 radical (unpaired) electrons. The molecule has 1 aliphatic carbocycles. The van der Waals surface area contributed by atoms with Crippen LogP contribution >= 0.6 is 11.3 Å². The van der Waals surface area contributed by atoms with E-state index in [1.165, 1.54) is 22.6 Å². The maximum absolute atomic E-state index is 11.8. The molecule has 1 aromatic rings. The molecule has 0 fully saturated rings. The highest BCUT2D eigenvalue weighted by atomic mass is 32.2. The van der Waals surface area contributed by atoms with Crippen molar-refractivity contribution in [1.29, 1.82) is 0 Å². The van der Waals surface area contributed by atoms with Crippen molar-refractivity contribution in [1.82, 2.24) is 10.3 Å². The van der Waals surface area contributed by atoms with Crippen molar-refractivity contribution in [3.8, 4) is 0 Å². The molecule has 5 nitrogen and oxygen atoms in total. The topological polar surface area (TPSA) is 71.1 Å². The van der Waals surface area contributed by atoms with E-state index in [0.717, 1.165) is 31.5 Å². The summed E-state index contributed by atoms with van der Waals surface area (Å²) < 4.78 is 26.2. The Bertz CT molecular complexity index is 473. The predicted molar refractivity (Wildman–Crippen MR) is 74.7 cm³/mol. The Morgan fingerprint density at radius 2 is 2.11 bits per heavy atom. The van der Waals surface area contributed by atoms with Gasteiger partial charge in [0.15, 0.2) is 5.13 Å². The zero-order chi connectivity index (χ0) is 13.0. The fourth-order valence-electron chi connectivity index (χ4n) is 1.96. The van der Waals surface area contributed by atoms with E-state index in [0.29, 0.717) is 11.7 Å². The Hall–Kier alpha value is -0.660. The molecular weight excluding hydrogens is 270 g/mol. The summed E-state index contributed by atoms with van der Waals surface area (Å²) in [5.74, 6) is 0.0884. The molecule has 0 bridgehead atoms. The number of nitrogens with one attached hydrogen (secondary N) is 2. The molecule has 0 aromatic carbocycles. The summed E-state index contributed by atoms with van der Waals surface area (Å²) in [6.07, 6.45) is 4.35. The molecule has 0 saturated carbocycles. The zero-order valence-corrected chi connectivity index (χ0v) is 12.2. The standard InChI is InChI=1S/C11H19N3O2S2/c1-2-12-7-8-18(15,16)14-11-13-9-5-3-4-6-10(9)17-11/h12H,2-8H2,1H3,(H,13,14). The van der Waals surface area contributed by atoms with Crippen LogP contribution in [0, 0.1) is 0 Å². The van der Waals surface area contributed by atoms with Crippen molar-refractivity contribution in [2.45, 2.75) is 32.6 Å². The van der Waals surface area contributed by atoms with E-state index in [-0.39, 0.29) is 5.75 Å². The molecule has 102 valence electrons. The quantitative estimate of drug-likeness (QED) is 0.776. The van der Waals surface area contributed by atoms with Crippen LogP contribution in [0.15, 0.2) is 0 Å². The Labute approximate surface area is 112 Å². The zero-order valence-electron chi connectivity index (χ0n) is 10.5. The second-order valence-corrected chi connectivity index (χ2v) is 7.30. The largest absolute Gasteiger partial charge is 0.316 e. The summed E-state index contributed by atoms with van der Waals surface area (Å²) in [5, 5.41) is 3.53. The van der Waals surface area contributed by atoms with Gasteiger partial charge in [0.2, 0.25) is 10.0 Å². The lowest BCUT2D eigenvalue weighted by molar-refractivity contribution is 0.597. The van der Waals surface area contributed by atoms with Crippen LogP contribution < -0.4 is 10.0 Å². The number of anilines is 1. The molecule has 2 N–H and O–H groups in total. The van der Waals surface area contributed by atoms with Gasteiger partial charge in [0.05, 0.1) is 11.4 Å². The lowest BCUT2D eigenvalue weighted by Gasteiger charge is -2.06. The van der Waals surface area contributed by atoms with Crippen LogP contribution in [0.3, 0.4) is 0 Å². The van der Waals surface area contributed by atoms with Crippen molar-refractivity contribution < 1.29 is 8.42 Å². The summed E-state index contributed by atoms with van der Waals surface area (Å²) in [6.45, 7) is 3.20. The minimum atomic E-state index is -3.27. The third-order valence-electron chi connectivity index (χ3n) is 2.89. The summed E-state index contributed by atoms with van der Waals surface area (Å²) in [4.78, 5) is 5.61. The molecule has 1 aliphatic rings. The maximum atomic E-state index is 11.8. The fourth-order valence-corrected chi connectivity index (χ4v) is 4.24. The smallest absolute Gasteiger partial charge is 0.235 e. The minimum Gasteiger partial charge on any atom is -0.316 e. The van der Waals surface area contributed by atoms with E-state index in [1.807, 2.05) is 6.92 Å². The number of nitrogens with zero attached hydrogens (tertiary/aromatic N) is 1. The number of rotatable bonds is 6. The van der Waals surface area contributed by atoms with Gasteiger partial charge in [-0.2, -0.15) is 0 Å². The number of hydrogen-bond donors (Lipinski definition) is 2. The van der Waals surface area contributed by atoms with Gasteiger partial charge in [0, 0.05) is 11.4 Å². The molecule has 0 aliphatic heterocycles. The van der Waals surface area contributed by atoms with Crippen LogP contribution in [0.25, 0.3) is 0 Å². The van der Waals surface area contributed by atoms with Crippen LogP contribution in [0.4, 0.5) is 5.13 Å². The summed E-state index contributed by atoms with van der Waals surface area (Å²) in [5.41, 5.74) is 1.08. The van der Waals surface area contributed by atoms with E-state index < -0.39 is 10.0 Å². The SMILES string of the molecule is CCNCCS(=O)(=O)Nc1nc2c(s1)CCCC2. The lowest BCUT2D eigenvalue weighted by Crippen LogP contribution is -2.26. The molecule has 1 aromatic heterocycles. The first kappa shape index (κ1) is 13.8. The van der Waals surface area contributed by atoms with Crippen LogP contribution in [0.2, 0.25) is 0 Å². The molecule has 0 atom stereocenters. The summed E-state index contributed by atoms with van der Waals surface area (Å²) >= 11 is 1.48. The normalized spacial score (nSPS) is 15.4. The Balaban J connectivity index is 1.98. The molecule has 7 heteroatoms. The monoisotopic (exact) mass is 289 g/mol. The van der Waals surface area contributed by atoms with Gasteiger partial charge < -0.3 is 5.32 Å². The van der Waals surface area contributed by atoms with Crippen molar-refractivity contribution in [2.24, 2.45) is 0 Å². The van der Waals surface area contributed by atoms with Crippen molar-refractivity contribution >= 4 is 26.5 Å². The molecule has 0 saturated heterocycles. The van der Waals surface area contributed by atoms with Crippen LogP contribution in [-0.2, 0) is 22.9 Å². The van der Waals surface area contributed by atoms with Gasteiger partial charge >= 0.3 is 0 Å². The van der Waals surface area contributed by atoms with E-state index in [4.69, 9.17) is 0 Å². The van der Waals surface area contributed by atoms with Gasteiger partial charge in [0.1, 0.15) is 0 Å². The number of aromatic nitrogens is 1. The minimum absolute atomic E-state index is 0.0884. The van der Waals surface area contributed by atoms with E-state index in [2.05, 4.69) is 15.0 Å². The number of thiazole rings is 1. The van der Waals surface area contributed by atoms with Crippen molar-refractivity contribution in [3.05, 3.63) is 10.6 Å².